The molecule has 4 heteroatoms. The zero-order valence-corrected chi connectivity index (χ0v) is 10.3. The standard InChI is InChI=1S/C14H18N2O2/c15-11-4-1-3-10(9-11)14(17)16-7-8-18-13-6-2-5-12(13)16/h1,3-4,9,12-13H,2,5-8,15H2. The topological polar surface area (TPSA) is 55.6 Å². The Morgan fingerprint density at radius 3 is 3.11 bits per heavy atom. The predicted molar refractivity (Wildman–Crippen MR) is 69.3 cm³/mol. The molecule has 1 aromatic carbocycles. The summed E-state index contributed by atoms with van der Waals surface area (Å²) in [5, 5.41) is 0. The second-order valence-corrected chi connectivity index (χ2v) is 5.03. The maximum atomic E-state index is 12.5. The number of morpholine rings is 1. The van der Waals surface area contributed by atoms with E-state index in [4.69, 9.17) is 10.5 Å². The van der Waals surface area contributed by atoms with Gasteiger partial charge in [0, 0.05) is 17.8 Å². The van der Waals surface area contributed by atoms with Crippen molar-refractivity contribution in [2.45, 2.75) is 31.4 Å². The lowest BCUT2D eigenvalue weighted by Gasteiger charge is -2.37. The number of hydrogen-bond donors (Lipinski definition) is 1. The molecular formula is C14H18N2O2. The van der Waals surface area contributed by atoms with Crippen molar-refractivity contribution in [3.05, 3.63) is 29.8 Å². The molecule has 1 saturated heterocycles. The summed E-state index contributed by atoms with van der Waals surface area (Å²) in [6.07, 6.45) is 3.52. The van der Waals surface area contributed by atoms with Gasteiger partial charge in [-0.3, -0.25) is 4.79 Å². The lowest BCUT2D eigenvalue weighted by Crippen LogP contribution is -2.51. The summed E-state index contributed by atoms with van der Waals surface area (Å²) < 4.78 is 5.72. The van der Waals surface area contributed by atoms with E-state index >= 15 is 0 Å². The second-order valence-electron chi connectivity index (χ2n) is 5.03. The van der Waals surface area contributed by atoms with E-state index in [-0.39, 0.29) is 18.1 Å². The van der Waals surface area contributed by atoms with Gasteiger partial charge in [0.05, 0.1) is 18.8 Å². The highest BCUT2D eigenvalue weighted by Crippen LogP contribution is 2.30. The first-order valence-corrected chi connectivity index (χ1v) is 6.54. The first kappa shape index (κ1) is 11.5. The van der Waals surface area contributed by atoms with E-state index in [2.05, 4.69) is 0 Å². The van der Waals surface area contributed by atoms with Gasteiger partial charge < -0.3 is 15.4 Å². The molecule has 2 fully saturated rings. The quantitative estimate of drug-likeness (QED) is 0.767. The molecule has 96 valence electrons. The van der Waals surface area contributed by atoms with Crippen molar-refractivity contribution in [1.29, 1.82) is 0 Å². The van der Waals surface area contributed by atoms with Crippen LogP contribution in [0.2, 0.25) is 0 Å². The number of rotatable bonds is 1. The van der Waals surface area contributed by atoms with Crippen LogP contribution < -0.4 is 5.73 Å². The largest absolute Gasteiger partial charge is 0.399 e. The van der Waals surface area contributed by atoms with Crippen molar-refractivity contribution < 1.29 is 9.53 Å². The number of hydrogen-bond acceptors (Lipinski definition) is 3. The zero-order chi connectivity index (χ0) is 12.5. The van der Waals surface area contributed by atoms with Crippen LogP contribution in [0.3, 0.4) is 0 Å². The Hall–Kier alpha value is -1.55. The van der Waals surface area contributed by atoms with Gasteiger partial charge in [-0.25, -0.2) is 0 Å². The Balaban J connectivity index is 1.83. The van der Waals surface area contributed by atoms with Crippen LogP contribution in [0.4, 0.5) is 5.69 Å². The van der Waals surface area contributed by atoms with E-state index in [1.165, 1.54) is 0 Å². The van der Waals surface area contributed by atoms with Gasteiger partial charge in [-0.1, -0.05) is 6.07 Å². The van der Waals surface area contributed by atoms with Gasteiger partial charge in [-0.2, -0.15) is 0 Å². The molecule has 0 radical (unpaired) electrons. The van der Waals surface area contributed by atoms with Crippen LogP contribution in [0.1, 0.15) is 29.6 Å². The van der Waals surface area contributed by atoms with Crippen LogP contribution in [0, 0.1) is 0 Å². The Morgan fingerprint density at radius 2 is 2.28 bits per heavy atom. The van der Waals surface area contributed by atoms with Crippen LogP contribution in [-0.2, 0) is 4.74 Å². The first-order chi connectivity index (χ1) is 8.75. The predicted octanol–water partition coefficient (Wildman–Crippen LogP) is 1.66. The van der Waals surface area contributed by atoms with E-state index in [1.807, 2.05) is 17.0 Å². The van der Waals surface area contributed by atoms with Gasteiger partial charge in [0.25, 0.3) is 5.91 Å². The number of carbonyl (C=O) groups is 1. The van der Waals surface area contributed by atoms with Gasteiger partial charge in [-0.05, 0) is 37.5 Å². The number of nitrogens with two attached hydrogens (primary N) is 1. The first-order valence-electron chi connectivity index (χ1n) is 6.54. The summed E-state index contributed by atoms with van der Waals surface area (Å²) >= 11 is 0. The number of fused-ring (bicyclic) bond motifs is 1. The molecule has 4 nitrogen and oxygen atoms in total. The molecule has 1 aliphatic carbocycles. The second kappa shape index (κ2) is 4.61. The monoisotopic (exact) mass is 246 g/mol. The lowest BCUT2D eigenvalue weighted by molar-refractivity contribution is -0.0445. The van der Waals surface area contributed by atoms with Crippen LogP contribution in [0.25, 0.3) is 0 Å². The fraction of sp³-hybridized carbons (Fsp3) is 0.500. The van der Waals surface area contributed by atoms with Crippen molar-refractivity contribution in [3.63, 3.8) is 0 Å². The van der Waals surface area contributed by atoms with Crippen molar-refractivity contribution in [3.8, 4) is 0 Å². The Kier molecular flexibility index (Phi) is 2.96. The molecule has 1 saturated carbocycles. The van der Waals surface area contributed by atoms with Crippen LogP contribution in [-0.4, -0.2) is 36.1 Å². The average Bonchev–Trinajstić information content (AvgIpc) is 2.86. The lowest BCUT2D eigenvalue weighted by atomic mass is 10.1. The third-order valence-electron chi connectivity index (χ3n) is 3.88. The highest BCUT2D eigenvalue weighted by Gasteiger charge is 2.38. The Morgan fingerprint density at radius 1 is 1.39 bits per heavy atom. The molecule has 1 aliphatic heterocycles. The van der Waals surface area contributed by atoms with Gasteiger partial charge in [0.1, 0.15) is 0 Å². The maximum Gasteiger partial charge on any atom is 0.254 e. The fourth-order valence-corrected chi connectivity index (χ4v) is 3.02. The van der Waals surface area contributed by atoms with E-state index in [0.717, 1.165) is 19.3 Å². The normalized spacial score (nSPS) is 27.0. The van der Waals surface area contributed by atoms with Crippen LogP contribution >= 0.6 is 0 Å². The Labute approximate surface area is 107 Å². The van der Waals surface area contributed by atoms with E-state index in [0.29, 0.717) is 24.4 Å². The summed E-state index contributed by atoms with van der Waals surface area (Å²) in [7, 11) is 0. The molecule has 18 heavy (non-hydrogen) atoms. The van der Waals surface area contributed by atoms with Gasteiger partial charge in [0.2, 0.25) is 0 Å². The molecule has 2 aliphatic rings. The van der Waals surface area contributed by atoms with Crippen molar-refractivity contribution >= 4 is 11.6 Å². The third-order valence-corrected chi connectivity index (χ3v) is 3.88. The number of benzene rings is 1. The SMILES string of the molecule is Nc1cccc(C(=O)N2CCOC3CCCC32)c1. The van der Waals surface area contributed by atoms with E-state index in [9.17, 15) is 4.79 Å². The fourth-order valence-electron chi connectivity index (χ4n) is 3.02. The highest BCUT2D eigenvalue weighted by atomic mass is 16.5. The molecular weight excluding hydrogens is 228 g/mol. The Bertz CT molecular complexity index is 461. The van der Waals surface area contributed by atoms with Crippen molar-refractivity contribution in [1.82, 2.24) is 4.90 Å². The molecule has 0 bridgehead atoms. The van der Waals surface area contributed by atoms with Crippen molar-refractivity contribution in [2.75, 3.05) is 18.9 Å². The summed E-state index contributed by atoms with van der Waals surface area (Å²) in [6.45, 7) is 1.34. The number of amides is 1. The molecule has 2 atom stereocenters. The van der Waals surface area contributed by atoms with Gasteiger partial charge >= 0.3 is 0 Å². The van der Waals surface area contributed by atoms with Crippen LogP contribution in [0.5, 0.6) is 0 Å². The van der Waals surface area contributed by atoms with Gasteiger partial charge in [-0.15, -0.1) is 0 Å². The minimum Gasteiger partial charge on any atom is -0.399 e. The molecule has 2 unspecified atom stereocenters. The van der Waals surface area contributed by atoms with Crippen molar-refractivity contribution in [2.24, 2.45) is 0 Å². The molecule has 1 aromatic rings. The number of ether oxygens (including phenoxy) is 1. The molecule has 0 aromatic heterocycles. The summed E-state index contributed by atoms with van der Waals surface area (Å²) in [5.41, 5.74) is 7.06. The third kappa shape index (κ3) is 1.97. The molecule has 3 rings (SSSR count). The number of nitrogen functional groups attached to an aromatic ring is 1. The average molecular weight is 246 g/mol. The van der Waals surface area contributed by atoms with E-state index in [1.54, 1.807) is 12.1 Å². The highest BCUT2D eigenvalue weighted by molar-refractivity contribution is 5.95. The summed E-state index contributed by atoms with van der Waals surface area (Å²) in [6, 6.07) is 7.47. The zero-order valence-electron chi connectivity index (χ0n) is 10.3. The maximum absolute atomic E-state index is 12.5. The van der Waals surface area contributed by atoms with Crippen LogP contribution in [0.15, 0.2) is 24.3 Å². The van der Waals surface area contributed by atoms with E-state index < -0.39 is 0 Å². The number of carbonyl (C=O) groups excluding carboxylic acids is 1. The molecule has 2 N–H and O–H groups in total. The number of nitrogens with zero attached hydrogens (tertiary/aromatic N) is 1. The molecule has 0 spiro atoms. The minimum atomic E-state index is 0.0856. The molecule has 1 heterocycles. The smallest absolute Gasteiger partial charge is 0.254 e. The summed E-state index contributed by atoms with van der Waals surface area (Å²) in [4.78, 5) is 14.5. The summed E-state index contributed by atoms with van der Waals surface area (Å²) in [5.74, 6) is 0.0856. The molecule has 1 amide bonds. The number of anilines is 1. The van der Waals surface area contributed by atoms with Gasteiger partial charge in [0.15, 0.2) is 0 Å². The minimum absolute atomic E-state index is 0.0856.